The molecule has 0 amide bonds. The van der Waals surface area contributed by atoms with Gasteiger partial charge in [-0.3, -0.25) is 4.52 Å². The molecule has 9 N–H and O–H groups in total. The first-order valence-corrected chi connectivity index (χ1v) is 9.32. The molecule has 0 aromatic carbocycles. The van der Waals surface area contributed by atoms with Gasteiger partial charge in [-0.15, -0.1) is 0 Å². The van der Waals surface area contributed by atoms with Gasteiger partial charge >= 0.3 is 83.3 Å². The predicted octanol–water partition coefficient (Wildman–Crippen LogP) is -7.11. The number of aliphatic hydroxyl groups is 7. The van der Waals surface area contributed by atoms with Crippen molar-refractivity contribution in [3.8, 4) is 0 Å². The molecule has 2 fully saturated rings. The fourth-order valence-electron chi connectivity index (χ4n) is 2.79. The van der Waals surface area contributed by atoms with E-state index in [1.807, 2.05) is 0 Å². The molecular formula is C12H27Ca2O14P. The van der Waals surface area contributed by atoms with Crippen molar-refractivity contribution in [2.45, 2.75) is 54.8 Å². The van der Waals surface area contributed by atoms with E-state index < -0.39 is 82.4 Å². The third-order valence-corrected chi connectivity index (χ3v) is 4.78. The second kappa shape index (κ2) is 12.6. The molecule has 0 saturated carbocycles. The van der Waals surface area contributed by atoms with Crippen LogP contribution in [0, 0.1) is 0 Å². The van der Waals surface area contributed by atoms with E-state index in [-0.39, 0.29) is 75.5 Å². The summed E-state index contributed by atoms with van der Waals surface area (Å²) in [5, 5.41) is 68.3. The first kappa shape index (κ1) is 31.2. The summed E-state index contributed by atoms with van der Waals surface area (Å²) >= 11 is 0. The minimum atomic E-state index is -4.93. The van der Waals surface area contributed by atoms with Gasteiger partial charge in [0.25, 0.3) is 0 Å². The van der Waals surface area contributed by atoms with Gasteiger partial charge in [-0.05, 0) is 0 Å². The Kier molecular flexibility index (Phi) is 13.6. The van der Waals surface area contributed by atoms with Crippen LogP contribution in [-0.4, -0.2) is 196 Å². The number of hydrogen-bond donors (Lipinski definition) is 9. The predicted molar refractivity (Wildman–Crippen MR) is 96.6 cm³/mol. The van der Waals surface area contributed by atoms with Crippen LogP contribution in [-0.2, 0) is 23.3 Å². The van der Waals surface area contributed by atoms with Crippen LogP contribution in [0.15, 0.2) is 0 Å². The van der Waals surface area contributed by atoms with Gasteiger partial charge in [0, 0.05) is 0 Å². The third kappa shape index (κ3) is 7.36. The van der Waals surface area contributed by atoms with Crippen LogP contribution in [0.3, 0.4) is 0 Å². The minimum absolute atomic E-state index is 0. The molecule has 2 aliphatic rings. The summed E-state index contributed by atoms with van der Waals surface area (Å²) < 4.78 is 30.4. The molecule has 17 heteroatoms. The molecule has 168 valence electrons. The van der Waals surface area contributed by atoms with Gasteiger partial charge < -0.3 is 59.7 Å². The van der Waals surface area contributed by atoms with Gasteiger partial charge in [-0.2, -0.15) is 0 Å². The Morgan fingerprint density at radius 3 is 1.93 bits per heavy atom. The summed E-state index contributed by atoms with van der Waals surface area (Å²) in [5.41, 5.74) is 0. The summed E-state index contributed by atoms with van der Waals surface area (Å²) in [7, 11) is -4.93. The molecule has 0 radical (unpaired) electrons. The van der Waals surface area contributed by atoms with E-state index in [0.29, 0.717) is 0 Å². The van der Waals surface area contributed by atoms with E-state index in [0.717, 1.165) is 0 Å². The molecule has 2 saturated heterocycles. The summed E-state index contributed by atoms with van der Waals surface area (Å²) in [4.78, 5) is 17.4. The van der Waals surface area contributed by atoms with Crippen molar-refractivity contribution < 1.29 is 68.8 Å². The van der Waals surface area contributed by atoms with E-state index in [4.69, 9.17) is 29.1 Å². The molecule has 2 rings (SSSR count). The first-order chi connectivity index (χ1) is 12.5. The van der Waals surface area contributed by atoms with E-state index >= 15 is 0 Å². The maximum atomic E-state index is 10.8. The Hall–Kier alpha value is 2.23. The fraction of sp³-hybridized carbons (Fsp3) is 1.00. The van der Waals surface area contributed by atoms with E-state index in [1.165, 1.54) is 0 Å². The summed E-state index contributed by atoms with van der Waals surface area (Å²) in [5.74, 6) is -2.35. The van der Waals surface area contributed by atoms with Crippen LogP contribution in [0.1, 0.15) is 0 Å². The Labute approximate surface area is 224 Å². The molecule has 2 aliphatic heterocycles. The van der Waals surface area contributed by atoms with E-state index in [2.05, 4.69) is 4.52 Å². The van der Waals surface area contributed by atoms with Gasteiger partial charge in [-0.1, -0.05) is 0 Å². The molecule has 0 unspecified atom stereocenters. The van der Waals surface area contributed by atoms with Crippen molar-refractivity contribution >= 4 is 83.3 Å². The number of phosphoric ester groups is 1. The van der Waals surface area contributed by atoms with Crippen LogP contribution in [0.4, 0.5) is 0 Å². The molecule has 14 nitrogen and oxygen atoms in total. The van der Waals surface area contributed by atoms with Crippen LogP contribution < -0.4 is 0 Å². The zero-order chi connectivity index (χ0) is 20.6. The zero-order valence-electron chi connectivity index (χ0n) is 13.8. The molecule has 0 spiro atoms. The Morgan fingerprint density at radius 2 is 1.48 bits per heavy atom. The standard InChI is InChI=1S/C12H23O14P.2Ca.4H/c13-1-4-7(16)10(19)12(3-14,25-4)26-11-9(18)8(17)6(15)5(24-11)2-23-27(20,21)22;;;;;;/h4-11,13-19H,1-3H2,(H2,20,21,22);;;;;;/t4-,5-,6-,7-,8+,9-,10+,11-,12+;;;;;;/m1....../s1. The van der Waals surface area contributed by atoms with Gasteiger partial charge in [0.05, 0.1) is 13.2 Å². The van der Waals surface area contributed by atoms with E-state index in [9.17, 15) is 35.2 Å². The average molecular weight is 506 g/mol. The summed E-state index contributed by atoms with van der Waals surface area (Å²) in [6, 6.07) is 0. The molecule has 0 aromatic heterocycles. The second-order valence-electron chi connectivity index (χ2n) is 6.16. The topological polar surface area (TPSA) is 236 Å². The third-order valence-electron chi connectivity index (χ3n) is 4.30. The molecule has 9 atom stereocenters. The fourth-order valence-corrected chi connectivity index (χ4v) is 3.13. The Balaban J connectivity index is 0.00000392. The average Bonchev–Trinajstić information content (AvgIpc) is 2.85. The number of aliphatic hydroxyl groups excluding tert-OH is 7. The number of ether oxygens (including phenoxy) is 3. The molecule has 2 heterocycles. The van der Waals surface area contributed by atoms with Crippen molar-refractivity contribution in [2.24, 2.45) is 0 Å². The van der Waals surface area contributed by atoms with Crippen LogP contribution in [0.25, 0.3) is 0 Å². The zero-order valence-corrected chi connectivity index (χ0v) is 14.6. The normalized spacial score (nSPS) is 42.8. The first-order valence-electron chi connectivity index (χ1n) is 7.79. The second-order valence-corrected chi connectivity index (χ2v) is 7.40. The molecule has 29 heavy (non-hydrogen) atoms. The van der Waals surface area contributed by atoms with Crippen LogP contribution in [0.5, 0.6) is 0 Å². The van der Waals surface area contributed by atoms with Gasteiger partial charge in [0.1, 0.15) is 49.3 Å². The number of phosphoric acid groups is 1. The number of hydrogen-bond acceptors (Lipinski definition) is 12. The van der Waals surface area contributed by atoms with Crippen molar-refractivity contribution in [1.29, 1.82) is 0 Å². The quantitative estimate of drug-likeness (QED) is 0.115. The molecule has 0 aromatic rings. The Morgan fingerprint density at radius 1 is 0.897 bits per heavy atom. The summed E-state index contributed by atoms with van der Waals surface area (Å²) in [6.07, 6.45) is -14.0. The maximum absolute atomic E-state index is 10.8. The van der Waals surface area contributed by atoms with Crippen LogP contribution in [0.2, 0.25) is 0 Å². The molecule has 0 aliphatic carbocycles. The van der Waals surface area contributed by atoms with Crippen molar-refractivity contribution in [2.75, 3.05) is 19.8 Å². The van der Waals surface area contributed by atoms with Crippen LogP contribution >= 0.6 is 7.82 Å². The Bertz CT molecular complexity index is 553. The van der Waals surface area contributed by atoms with Gasteiger partial charge in [0.15, 0.2) is 6.29 Å². The van der Waals surface area contributed by atoms with Gasteiger partial charge in [0.2, 0.25) is 5.79 Å². The van der Waals surface area contributed by atoms with Crippen molar-refractivity contribution in [1.82, 2.24) is 0 Å². The molecular weight excluding hydrogens is 479 g/mol. The van der Waals surface area contributed by atoms with Gasteiger partial charge in [-0.25, -0.2) is 4.57 Å². The van der Waals surface area contributed by atoms with E-state index in [1.54, 1.807) is 0 Å². The monoisotopic (exact) mass is 506 g/mol. The van der Waals surface area contributed by atoms with Crippen molar-refractivity contribution in [3.05, 3.63) is 0 Å². The molecule has 0 bridgehead atoms. The number of rotatable bonds is 7. The SMILES string of the molecule is O=P(O)(O)OC[C@H]1O[C@H](O[C@]2(CO)O[C@H](CO)[C@@H](O)[C@@H]2O)[C@H](O)[C@@H](O)[C@@H]1O.[CaH2].[CaH2]. The summed E-state index contributed by atoms with van der Waals surface area (Å²) in [6.45, 7) is -2.69. The van der Waals surface area contributed by atoms with Crippen molar-refractivity contribution in [3.63, 3.8) is 0 Å².